The summed E-state index contributed by atoms with van der Waals surface area (Å²) in [4.78, 5) is 0. The van der Waals surface area contributed by atoms with Crippen molar-refractivity contribution in [1.29, 1.82) is 0 Å². The van der Waals surface area contributed by atoms with E-state index in [-0.39, 0.29) is 0 Å². The minimum absolute atomic E-state index is 1.10. The van der Waals surface area contributed by atoms with Crippen LogP contribution in [-0.2, 0) is 6.42 Å². The minimum Gasteiger partial charge on any atom is -0.385 e. The third-order valence-corrected chi connectivity index (χ3v) is 5.33. The smallest absolute Gasteiger partial charge is 0.0373 e. The third kappa shape index (κ3) is 2.25. The first-order chi connectivity index (χ1) is 10.0. The van der Waals surface area contributed by atoms with Gasteiger partial charge in [-0.15, -0.1) is 0 Å². The van der Waals surface area contributed by atoms with E-state index in [0.29, 0.717) is 0 Å². The minimum atomic E-state index is 1.10. The molecule has 0 fully saturated rings. The lowest BCUT2D eigenvalue weighted by Crippen LogP contribution is -2.11. The monoisotopic (exact) mass is 279 g/mol. The molecule has 110 valence electrons. The van der Waals surface area contributed by atoms with Crippen LogP contribution in [-0.4, -0.2) is 6.54 Å². The van der Waals surface area contributed by atoms with Crippen LogP contribution in [0.2, 0.25) is 0 Å². The number of hydrogen-bond acceptors (Lipinski definition) is 1. The van der Waals surface area contributed by atoms with Crippen molar-refractivity contribution < 1.29 is 0 Å². The number of nitrogens with one attached hydrogen (secondary N) is 1. The Kier molecular flexibility index (Phi) is 3.52. The molecule has 2 aromatic rings. The van der Waals surface area contributed by atoms with Crippen molar-refractivity contribution in [2.24, 2.45) is 0 Å². The lowest BCUT2D eigenvalue weighted by atomic mass is 9.85. The average molecular weight is 279 g/mol. The second-order valence-corrected chi connectivity index (χ2v) is 6.40. The lowest BCUT2D eigenvalue weighted by molar-refractivity contribution is 0.830. The zero-order valence-electron chi connectivity index (χ0n) is 13.9. The van der Waals surface area contributed by atoms with E-state index in [2.05, 4.69) is 58.1 Å². The number of aryl methyl sites for hydroxylation is 1. The van der Waals surface area contributed by atoms with Gasteiger partial charge in [0.2, 0.25) is 0 Å². The summed E-state index contributed by atoms with van der Waals surface area (Å²) in [6.45, 7) is 12.4. The average Bonchev–Trinajstić information content (AvgIpc) is 2.51. The molecule has 1 aliphatic rings. The highest BCUT2D eigenvalue weighted by atomic mass is 14.9. The van der Waals surface area contributed by atoms with E-state index in [1.54, 1.807) is 0 Å². The fourth-order valence-corrected chi connectivity index (χ4v) is 3.56. The van der Waals surface area contributed by atoms with E-state index < -0.39 is 0 Å². The van der Waals surface area contributed by atoms with Gasteiger partial charge < -0.3 is 5.32 Å². The third-order valence-electron chi connectivity index (χ3n) is 5.33. The summed E-state index contributed by atoms with van der Waals surface area (Å²) in [6.07, 6.45) is 2.43. The van der Waals surface area contributed by atoms with E-state index in [1.807, 2.05) is 0 Å². The summed E-state index contributed by atoms with van der Waals surface area (Å²) >= 11 is 0. The first kappa shape index (κ1) is 14.2. The molecule has 0 radical (unpaired) electrons. The van der Waals surface area contributed by atoms with E-state index in [1.165, 1.54) is 63.0 Å². The number of benzene rings is 2. The molecule has 1 aliphatic heterocycles. The standard InChI is InChI=1S/C20H25N/c1-12-13(2)15(4)20(16(5)14(12)3)18-8-9-19-17(11-18)7-6-10-21-19/h8-9,11,21H,6-7,10H2,1-5H3. The predicted octanol–water partition coefficient (Wildman–Crippen LogP) is 5.25. The van der Waals surface area contributed by atoms with E-state index in [0.717, 1.165) is 6.54 Å². The van der Waals surface area contributed by atoms with E-state index in [9.17, 15) is 0 Å². The fraction of sp³-hybridized carbons (Fsp3) is 0.400. The van der Waals surface area contributed by atoms with Crippen molar-refractivity contribution in [3.05, 3.63) is 51.6 Å². The molecule has 0 spiro atoms. The summed E-state index contributed by atoms with van der Waals surface area (Å²) in [5.74, 6) is 0. The van der Waals surface area contributed by atoms with Crippen LogP contribution in [0.5, 0.6) is 0 Å². The SMILES string of the molecule is Cc1c(C)c(C)c(-c2ccc3c(c2)CCCN3)c(C)c1C. The topological polar surface area (TPSA) is 12.0 Å². The molecular formula is C20H25N. The van der Waals surface area contributed by atoms with Crippen LogP contribution in [0.3, 0.4) is 0 Å². The first-order valence-corrected chi connectivity index (χ1v) is 7.95. The highest BCUT2D eigenvalue weighted by molar-refractivity contribution is 5.77. The Morgan fingerprint density at radius 1 is 0.810 bits per heavy atom. The van der Waals surface area contributed by atoms with Crippen LogP contribution >= 0.6 is 0 Å². The predicted molar refractivity (Wildman–Crippen MR) is 92.4 cm³/mol. The summed E-state index contributed by atoms with van der Waals surface area (Å²) < 4.78 is 0. The second kappa shape index (κ2) is 5.22. The summed E-state index contributed by atoms with van der Waals surface area (Å²) in [5.41, 5.74) is 12.8. The van der Waals surface area contributed by atoms with Gasteiger partial charge in [0.05, 0.1) is 0 Å². The van der Waals surface area contributed by atoms with E-state index >= 15 is 0 Å². The van der Waals surface area contributed by atoms with Gasteiger partial charge in [-0.25, -0.2) is 0 Å². The molecule has 0 bridgehead atoms. The maximum absolute atomic E-state index is 3.50. The lowest BCUT2D eigenvalue weighted by Gasteiger charge is -2.22. The Morgan fingerprint density at radius 2 is 1.43 bits per heavy atom. The van der Waals surface area contributed by atoms with Gasteiger partial charge in [-0.3, -0.25) is 0 Å². The highest BCUT2D eigenvalue weighted by Gasteiger charge is 2.16. The Morgan fingerprint density at radius 3 is 2.10 bits per heavy atom. The van der Waals surface area contributed by atoms with Crippen molar-refractivity contribution >= 4 is 5.69 Å². The molecule has 0 atom stereocenters. The molecule has 2 aromatic carbocycles. The maximum atomic E-state index is 3.50. The largest absolute Gasteiger partial charge is 0.385 e. The molecular weight excluding hydrogens is 254 g/mol. The Hall–Kier alpha value is -1.76. The van der Waals surface area contributed by atoms with Crippen LogP contribution in [0, 0.1) is 34.6 Å². The fourth-order valence-electron chi connectivity index (χ4n) is 3.56. The molecule has 0 saturated heterocycles. The summed E-state index contributed by atoms with van der Waals surface area (Å²) in [5, 5.41) is 3.50. The number of hydrogen-bond donors (Lipinski definition) is 1. The van der Waals surface area contributed by atoms with E-state index in [4.69, 9.17) is 0 Å². The number of fused-ring (bicyclic) bond motifs is 1. The molecule has 21 heavy (non-hydrogen) atoms. The van der Waals surface area contributed by atoms with Crippen molar-refractivity contribution in [2.75, 3.05) is 11.9 Å². The summed E-state index contributed by atoms with van der Waals surface area (Å²) in [6, 6.07) is 6.93. The number of rotatable bonds is 1. The van der Waals surface area contributed by atoms with Crippen molar-refractivity contribution in [3.8, 4) is 11.1 Å². The molecule has 3 rings (SSSR count). The molecule has 0 amide bonds. The van der Waals surface area contributed by atoms with Gasteiger partial charge in [0.25, 0.3) is 0 Å². The van der Waals surface area contributed by atoms with Gasteiger partial charge in [-0.2, -0.15) is 0 Å². The quantitative estimate of drug-likeness (QED) is 0.751. The first-order valence-electron chi connectivity index (χ1n) is 7.95. The number of anilines is 1. The molecule has 0 unspecified atom stereocenters. The van der Waals surface area contributed by atoms with Crippen LogP contribution in [0.4, 0.5) is 5.69 Å². The van der Waals surface area contributed by atoms with Gasteiger partial charge in [0, 0.05) is 12.2 Å². The molecule has 1 nitrogen and oxygen atoms in total. The van der Waals surface area contributed by atoms with Crippen molar-refractivity contribution in [1.82, 2.24) is 0 Å². The normalized spacial score (nSPS) is 13.8. The molecule has 1 heterocycles. The van der Waals surface area contributed by atoms with Gasteiger partial charge in [-0.05, 0) is 104 Å². The van der Waals surface area contributed by atoms with Gasteiger partial charge in [-0.1, -0.05) is 6.07 Å². The zero-order chi connectivity index (χ0) is 15.1. The molecule has 1 heteroatoms. The van der Waals surface area contributed by atoms with Crippen LogP contribution in [0.25, 0.3) is 11.1 Å². The summed E-state index contributed by atoms with van der Waals surface area (Å²) in [7, 11) is 0. The Bertz CT molecular complexity index is 681. The van der Waals surface area contributed by atoms with Crippen LogP contribution in [0.15, 0.2) is 18.2 Å². The molecule has 0 aromatic heterocycles. The molecule has 0 aliphatic carbocycles. The van der Waals surface area contributed by atoms with Gasteiger partial charge in [0.15, 0.2) is 0 Å². The van der Waals surface area contributed by atoms with Crippen LogP contribution < -0.4 is 5.32 Å². The maximum Gasteiger partial charge on any atom is 0.0373 e. The van der Waals surface area contributed by atoms with Crippen molar-refractivity contribution in [3.63, 3.8) is 0 Å². The van der Waals surface area contributed by atoms with Crippen molar-refractivity contribution in [2.45, 2.75) is 47.5 Å². The zero-order valence-corrected chi connectivity index (χ0v) is 13.9. The Labute approximate surface area is 128 Å². The molecule has 0 saturated carbocycles. The molecule has 1 N–H and O–H groups in total. The van der Waals surface area contributed by atoms with Gasteiger partial charge >= 0.3 is 0 Å². The Balaban J connectivity index is 2.21. The second-order valence-electron chi connectivity index (χ2n) is 6.40. The van der Waals surface area contributed by atoms with Gasteiger partial charge in [0.1, 0.15) is 0 Å². The van der Waals surface area contributed by atoms with Crippen LogP contribution in [0.1, 0.15) is 39.8 Å². The highest BCUT2D eigenvalue weighted by Crippen LogP contribution is 2.36.